The molecule has 4 rings (SSSR count). The van der Waals surface area contributed by atoms with Gasteiger partial charge in [-0.2, -0.15) is 0 Å². The standard InChI is InChI=1S/C18H16BrNO2/c19-15-9-11-8-12(21)10-16(17-6-3-7-22-17)20-18(11)14-5-2-1-4-13(14)15/h1-7,9,12,16,20-21H,8,10H2/t12-,16+/m1/s1. The van der Waals surface area contributed by atoms with Gasteiger partial charge in [-0.3, -0.25) is 0 Å². The number of fused-ring (bicyclic) bond motifs is 3. The van der Waals surface area contributed by atoms with E-state index in [1.807, 2.05) is 24.3 Å². The molecule has 2 N–H and O–H groups in total. The Morgan fingerprint density at radius 2 is 1.95 bits per heavy atom. The van der Waals surface area contributed by atoms with Crippen LogP contribution in [-0.4, -0.2) is 11.2 Å². The van der Waals surface area contributed by atoms with E-state index in [9.17, 15) is 5.11 Å². The summed E-state index contributed by atoms with van der Waals surface area (Å²) < 4.78 is 6.61. The van der Waals surface area contributed by atoms with Gasteiger partial charge in [0.15, 0.2) is 0 Å². The van der Waals surface area contributed by atoms with E-state index in [1.54, 1.807) is 6.26 Å². The topological polar surface area (TPSA) is 45.4 Å². The molecule has 0 unspecified atom stereocenters. The summed E-state index contributed by atoms with van der Waals surface area (Å²) in [5.41, 5.74) is 2.23. The van der Waals surface area contributed by atoms with E-state index in [0.717, 1.165) is 26.9 Å². The molecule has 0 saturated heterocycles. The second-order valence-corrected chi connectivity index (χ2v) is 6.60. The molecule has 0 bridgehead atoms. The number of rotatable bonds is 1. The Balaban J connectivity index is 1.89. The number of hydrogen-bond acceptors (Lipinski definition) is 3. The van der Waals surface area contributed by atoms with Gasteiger partial charge < -0.3 is 14.8 Å². The fourth-order valence-electron chi connectivity index (χ4n) is 3.24. The molecule has 1 aliphatic rings. The molecule has 1 aromatic heterocycles. The van der Waals surface area contributed by atoms with Gasteiger partial charge in [0.1, 0.15) is 5.76 Å². The Morgan fingerprint density at radius 1 is 1.14 bits per heavy atom. The number of furan rings is 1. The number of aliphatic hydroxyl groups excluding tert-OH is 1. The molecule has 112 valence electrons. The van der Waals surface area contributed by atoms with Crippen LogP contribution in [0.25, 0.3) is 10.8 Å². The fraction of sp³-hybridized carbons (Fsp3) is 0.222. The second-order valence-electron chi connectivity index (χ2n) is 5.74. The Bertz CT molecular complexity index is 813. The lowest BCUT2D eigenvalue weighted by Gasteiger charge is -2.18. The monoisotopic (exact) mass is 357 g/mol. The largest absolute Gasteiger partial charge is 0.467 e. The maximum atomic E-state index is 10.4. The Labute approximate surface area is 137 Å². The number of aliphatic hydroxyl groups is 1. The fourth-order valence-corrected chi connectivity index (χ4v) is 3.86. The van der Waals surface area contributed by atoms with Gasteiger partial charge >= 0.3 is 0 Å². The summed E-state index contributed by atoms with van der Waals surface area (Å²) in [6.45, 7) is 0. The van der Waals surface area contributed by atoms with Crippen LogP contribution in [0.15, 0.2) is 57.6 Å². The highest BCUT2D eigenvalue weighted by atomic mass is 79.9. The molecule has 1 aliphatic heterocycles. The number of nitrogens with one attached hydrogen (secondary N) is 1. The van der Waals surface area contributed by atoms with Crippen molar-refractivity contribution in [2.45, 2.75) is 25.0 Å². The quantitative estimate of drug-likeness (QED) is 0.665. The molecule has 0 amide bonds. The highest BCUT2D eigenvalue weighted by Gasteiger charge is 2.26. The van der Waals surface area contributed by atoms with Crippen molar-refractivity contribution in [2.75, 3.05) is 5.32 Å². The highest BCUT2D eigenvalue weighted by Crippen LogP contribution is 2.39. The molecule has 3 aromatic rings. The molecule has 0 spiro atoms. The van der Waals surface area contributed by atoms with E-state index in [2.05, 4.69) is 39.4 Å². The van der Waals surface area contributed by atoms with Gasteiger partial charge in [0.25, 0.3) is 0 Å². The first kappa shape index (κ1) is 13.9. The molecule has 2 aromatic carbocycles. The third-order valence-electron chi connectivity index (χ3n) is 4.24. The second kappa shape index (κ2) is 5.45. The third-order valence-corrected chi connectivity index (χ3v) is 4.90. The third kappa shape index (κ3) is 2.32. The Morgan fingerprint density at radius 3 is 2.73 bits per heavy atom. The van der Waals surface area contributed by atoms with Crippen molar-refractivity contribution >= 4 is 32.4 Å². The predicted molar refractivity (Wildman–Crippen MR) is 91.0 cm³/mol. The van der Waals surface area contributed by atoms with Crippen LogP contribution in [0.4, 0.5) is 5.69 Å². The van der Waals surface area contributed by atoms with Crippen molar-refractivity contribution in [3.05, 3.63) is 64.5 Å². The van der Waals surface area contributed by atoms with Crippen molar-refractivity contribution < 1.29 is 9.52 Å². The average Bonchev–Trinajstić information content (AvgIpc) is 2.99. The maximum Gasteiger partial charge on any atom is 0.126 e. The maximum absolute atomic E-state index is 10.4. The van der Waals surface area contributed by atoms with Crippen LogP contribution >= 0.6 is 15.9 Å². The van der Waals surface area contributed by atoms with E-state index >= 15 is 0 Å². The smallest absolute Gasteiger partial charge is 0.126 e. The van der Waals surface area contributed by atoms with Crippen molar-refractivity contribution in [1.29, 1.82) is 0 Å². The Kier molecular flexibility index (Phi) is 3.43. The van der Waals surface area contributed by atoms with E-state index in [0.29, 0.717) is 12.8 Å². The molecular weight excluding hydrogens is 342 g/mol. The molecule has 0 radical (unpaired) electrons. The summed E-state index contributed by atoms with van der Waals surface area (Å²) in [6, 6.07) is 14.2. The zero-order chi connectivity index (χ0) is 15.1. The van der Waals surface area contributed by atoms with Gasteiger partial charge in [0, 0.05) is 28.4 Å². The van der Waals surface area contributed by atoms with Crippen LogP contribution in [0, 0.1) is 0 Å². The molecule has 0 saturated carbocycles. The van der Waals surface area contributed by atoms with E-state index in [-0.39, 0.29) is 6.04 Å². The van der Waals surface area contributed by atoms with Gasteiger partial charge in [-0.05, 0) is 29.1 Å². The number of benzene rings is 2. The number of halogens is 1. The first-order valence-corrected chi connectivity index (χ1v) is 8.20. The zero-order valence-corrected chi connectivity index (χ0v) is 13.5. The minimum atomic E-state index is -0.392. The minimum absolute atomic E-state index is 0.0177. The summed E-state index contributed by atoms with van der Waals surface area (Å²) in [5, 5.41) is 16.3. The molecule has 3 nitrogen and oxygen atoms in total. The molecule has 0 fully saturated rings. The lowest BCUT2D eigenvalue weighted by atomic mass is 10.00. The van der Waals surface area contributed by atoms with Crippen LogP contribution in [0.2, 0.25) is 0 Å². The van der Waals surface area contributed by atoms with E-state index in [1.165, 1.54) is 5.39 Å². The molecule has 0 aliphatic carbocycles. The van der Waals surface area contributed by atoms with Gasteiger partial charge in [-0.25, -0.2) is 0 Å². The van der Waals surface area contributed by atoms with E-state index in [4.69, 9.17) is 4.42 Å². The van der Waals surface area contributed by atoms with Gasteiger partial charge in [-0.15, -0.1) is 0 Å². The number of hydrogen-bond donors (Lipinski definition) is 2. The average molecular weight is 358 g/mol. The van der Waals surface area contributed by atoms with Crippen molar-refractivity contribution in [3.8, 4) is 0 Å². The summed E-state index contributed by atoms with van der Waals surface area (Å²) >= 11 is 3.65. The van der Waals surface area contributed by atoms with Crippen LogP contribution in [0.1, 0.15) is 23.8 Å². The molecular formula is C18H16BrNO2. The first-order valence-electron chi connectivity index (χ1n) is 7.40. The summed E-state index contributed by atoms with van der Waals surface area (Å²) in [4.78, 5) is 0. The van der Waals surface area contributed by atoms with Gasteiger partial charge in [0.2, 0.25) is 0 Å². The summed E-state index contributed by atoms with van der Waals surface area (Å²) in [7, 11) is 0. The minimum Gasteiger partial charge on any atom is -0.467 e. The molecule has 2 atom stereocenters. The zero-order valence-electron chi connectivity index (χ0n) is 11.9. The van der Waals surface area contributed by atoms with Gasteiger partial charge in [0.05, 0.1) is 18.4 Å². The summed E-state index contributed by atoms with van der Waals surface area (Å²) in [6.07, 6.45) is 2.56. The van der Waals surface area contributed by atoms with Crippen molar-refractivity contribution in [3.63, 3.8) is 0 Å². The summed E-state index contributed by atoms with van der Waals surface area (Å²) in [5.74, 6) is 0.860. The molecule has 2 heterocycles. The van der Waals surface area contributed by atoms with E-state index < -0.39 is 6.10 Å². The molecule has 4 heteroatoms. The highest BCUT2D eigenvalue weighted by molar-refractivity contribution is 9.10. The van der Waals surface area contributed by atoms with Crippen LogP contribution in [0.3, 0.4) is 0 Å². The first-order chi connectivity index (χ1) is 10.7. The van der Waals surface area contributed by atoms with Crippen molar-refractivity contribution in [2.24, 2.45) is 0 Å². The Hall–Kier alpha value is -1.78. The van der Waals surface area contributed by atoms with Crippen LogP contribution < -0.4 is 5.32 Å². The molecule has 22 heavy (non-hydrogen) atoms. The lowest BCUT2D eigenvalue weighted by Crippen LogP contribution is -2.15. The van der Waals surface area contributed by atoms with Gasteiger partial charge in [-0.1, -0.05) is 40.2 Å². The predicted octanol–water partition coefficient (Wildman–Crippen LogP) is 4.66. The normalized spacial score (nSPS) is 21.2. The SMILES string of the molecule is O[C@@H]1Cc2cc(Br)c3ccccc3c2N[C@H](c2ccco2)C1. The van der Waals surface area contributed by atoms with Crippen LogP contribution in [-0.2, 0) is 6.42 Å². The van der Waals surface area contributed by atoms with Crippen LogP contribution in [0.5, 0.6) is 0 Å². The number of anilines is 1. The lowest BCUT2D eigenvalue weighted by molar-refractivity contribution is 0.158. The van der Waals surface area contributed by atoms with Crippen molar-refractivity contribution in [1.82, 2.24) is 0 Å².